The van der Waals surface area contributed by atoms with Crippen molar-refractivity contribution in [1.82, 2.24) is 0 Å². The third-order valence-electron chi connectivity index (χ3n) is 9.49. The van der Waals surface area contributed by atoms with Crippen LogP contribution in [0, 0.1) is 0 Å². The average molecular weight is 668 g/mol. The predicted molar refractivity (Wildman–Crippen MR) is 194 cm³/mol. The van der Waals surface area contributed by atoms with E-state index in [-0.39, 0.29) is 11.7 Å². The van der Waals surface area contributed by atoms with E-state index in [0.717, 1.165) is 27.5 Å². The van der Waals surface area contributed by atoms with Crippen LogP contribution in [0.4, 0.5) is 5.69 Å². The molecule has 0 aliphatic carbocycles. The highest BCUT2D eigenvalue weighted by molar-refractivity contribution is 6.06. The molecule has 2 heterocycles. The summed E-state index contributed by atoms with van der Waals surface area (Å²) >= 11 is 0. The van der Waals surface area contributed by atoms with Crippen molar-refractivity contribution in [3.63, 3.8) is 0 Å². The molecule has 9 rings (SSSR count). The van der Waals surface area contributed by atoms with Gasteiger partial charge in [0, 0.05) is 40.1 Å². The van der Waals surface area contributed by atoms with Crippen LogP contribution in [0.3, 0.4) is 0 Å². The number of carbonyl (C=O) groups excluding carboxylic acids is 2. The average Bonchev–Trinajstić information content (AvgIpc) is 3.45. The molecule has 1 amide bonds. The lowest BCUT2D eigenvalue weighted by atomic mass is 9.77. The van der Waals surface area contributed by atoms with Gasteiger partial charge in [0.2, 0.25) is 0 Å². The van der Waals surface area contributed by atoms with Gasteiger partial charge in [-0.3, -0.25) is 4.79 Å². The third-order valence-corrected chi connectivity index (χ3v) is 9.49. The largest absolute Gasteiger partial charge is 0.508 e. The summed E-state index contributed by atoms with van der Waals surface area (Å²) in [5, 5.41) is 15.6. The van der Waals surface area contributed by atoms with Crippen LogP contribution in [0.5, 0.6) is 23.0 Å². The van der Waals surface area contributed by atoms with Crippen LogP contribution < -0.4 is 14.8 Å². The maximum Gasteiger partial charge on any atom is 0.340 e. The quantitative estimate of drug-likeness (QED) is 0.172. The van der Waals surface area contributed by atoms with E-state index in [1.807, 2.05) is 72.8 Å². The number of hydrogen-bond acceptors (Lipinski definition) is 6. The van der Waals surface area contributed by atoms with E-state index in [2.05, 4.69) is 29.6 Å². The number of benzene rings is 7. The number of rotatable bonds is 6. The fourth-order valence-electron chi connectivity index (χ4n) is 7.01. The van der Waals surface area contributed by atoms with Crippen LogP contribution in [0.25, 0.3) is 21.9 Å². The Bertz CT molecular complexity index is 2510. The summed E-state index contributed by atoms with van der Waals surface area (Å²) in [5.41, 5.74) is 4.77. The number of anilines is 1. The summed E-state index contributed by atoms with van der Waals surface area (Å²) in [6.45, 7) is 0.343. The predicted octanol–water partition coefficient (Wildman–Crippen LogP) is 9.61. The molecule has 0 aromatic heterocycles. The van der Waals surface area contributed by atoms with Crippen molar-refractivity contribution < 1.29 is 28.9 Å². The van der Waals surface area contributed by atoms with Gasteiger partial charge in [-0.2, -0.15) is 0 Å². The number of phenolic OH excluding ortho intramolecular Hbond substituents is 1. The van der Waals surface area contributed by atoms with Crippen LogP contribution in [0.1, 0.15) is 43.0 Å². The van der Waals surface area contributed by atoms with Gasteiger partial charge in [0.25, 0.3) is 5.91 Å². The smallest absolute Gasteiger partial charge is 0.340 e. The molecule has 7 aromatic rings. The first kappa shape index (κ1) is 30.2. The summed E-state index contributed by atoms with van der Waals surface area (Å²) in [6.07, 6.45) is 0. The topological polar surface area (TPSA) is 94.1 Å². The number of fused-ring (bicyclic) bond motifs is 7. The molecule has 2 aliphatic heterocycles. The monoisotopic (exact) mass is 667 g/mol. The molecule has 7 aromatic carbocycles. The Kier molecular flexibility index (Phi) is 7.07. The highest BCUT2D eigenvalue weighted by atomic mass is 16.6. The Morgan fingerprint density at radius 2 is 1.37 bits per heavy atom. The molecule has 7 heteroatoms. The van der Waals surface area contributed by atoms with E-state index in [1.54, 1.807) is 48.5 Å². The van der Waals surface area contributed by atoms with E-state index in [9.17, 15) is 14.7 Å². The van der Waals surface area contributed by atoms with Gasteiger partial charge in [-0.25, -0.2) is 4.79 Å². The summed E-state index contributed by atoms with van der Waals surface area (Å²) < 4.78 is 18.8. The first-order valence-corrected chi connectivity index (χ1v) is 16.6. The minimum atomic E-state index is -1.35. The van der Waals surface area contributed by atoms with Gasteiger partial charge in [0.05, 0.1) is 5.56 Å². The number of phenols is 1. The van der Waals surface area contributed by atoms with Crippen LogP contribution >= 0.6 is 0 Å². The van der Waals surface area contributed by atoms with Crippen molar-refractivity contribution in [2.75, 3.05) is 5.32 Å². The molecule has 1 atom stereocenters. The van der Waals surface area contributed by atoms with Crippen LogP contribution in [-0.4, -0.2) is 17.0 Å². The third kappa shape index (κ3) is 5.23. The molecular weight excluding hydrogens is 638 g/mol. The second-order valence-corrected chi connectivity index (χ2v) is 12.6. The minimum absolute atomic E-state index is 0.00969. The van der Waals surface area contributed by atoms with E-state index < -0.39 is 11.6 Å². The van der Waals surface area contributed by atoms with Crippen molar-refractivity contribution in [3.05, 3.63) is 185 Å². The van der Waals surface area contributed by atoms with E-state index in [4.69, 9.17) is 14.2 Å². The maximum atomic E-state index is 13.7. The highest BCUT2D eigenvalue weighted by Gasteiger charge is 2.53. The lowest BCUT2D eigenvalue weighted by Crippen LogP contribution is -2.33. The number of esters is 1. The molecule has 1 unspecified atom stereocenters. The molecule has 51 heavy (non-hydrogen) atoms. The Hall–Kier alpha value is -6.86. The summed E-state index contributed by atoms with van der Waals surface area (Å²) in [6, 6.07) is 47.1. The zero-order chi connectivity index (χ0) is 34.5. The summed E-state index contributed by atoms with van der Waals surface area (Å²) in [5.74, 6) is 0.517. The number of carbonyl (C=O) groups is 2. The molecule has 7 nitrogen and oxygen atoms in total. The summed E-state index contributed by atoms with van der Waals surface area (Å²) in [4.78, 5) is 26.9. The highest BCUT2D eigenvalue weighted by Crippen LogP contribution is 2.57. The molecule has 2 aliphatic rings. The number of nitrogens with one attached hydrogen (secondary N) is 1. The molecule has 0 bridgehead atoms. The van der Waals surface area contributed by atoms with Crippen LogP contribution in [0.15, 0.2) is 152 Å². The fourth-order valence-corrected chi connectivity index (χ4v) is 7.01. The van der Waals surface area contributed by atoms with Crippen molar-refractivity contribution in [1.29, 1.82) is 0 Å². The number of hydrogen-bond donors (Lipinski definition) is 2. The second-order valence-electron chi connectivity index (χ2n) is 12.6. The molecule has 0 fully saturated rings. The van der Waals surface area contributed by atoms with E-state index >= 15 is 0 Å². The molecule has 0 saturated heterocycles. The first-order valence-electron chi connectivity index (χ1n) is 16.6. The van der Waals surface area contributed by atoms with E-state index in [0.29, 0.717) is 57.4 Å². The Morgan fingerprint density at radius 1 is 0.667 bits per heavy atom. The maximum absolute atomic E-state index is 13.7. The van der Waals surface area contributed by atoms with Crippen molar-refractivity contribution in [3.8, 4) is 34.1 Å². The lowest BCUT2D eigenvalue weighted by molar-refractivity contribution is 0.0224. The Balaban J connectivity index is 1.02. The van der Waals surface area contributed by atoms with Gasteiger partial charge >= 0.3 is 5.97 Å². The van der Waals surface area contributed by atoms with Crippen LogP contribution in [-0.2, 0) is 16.9 Å². The van der Waals surface area contributed by atoms with Gasteiger partial charge < -0.3 is 24.6 Å². The molecule has 0 saturated carbocycles. The van der Waals surface area contributed by atoms with Crippen molar-refractivity contribution >= 4 is 28.3 Å². The SMILES string of the molecule is O=C(Nc1ccc2c(c1)C(=O)OC21c2ccc(O)cc2Oc2cc(OCc3ccc4ccccc4c3)ccc21)c1ccc(-c2ccccc2)cc1. The standard InChI is InChI=1S/C44H29NO6/c46-34-17-20-38-40(24-34)50-41-25-35(49-26-27-10-11-29-8-4-5-9-32(29)22-27)18-21-39(41)44(38)37-19-16-33(23-36(37)43(48)51-44)45-42(47)31-14-12-30(13-15-31)28-6-2-1-3-7-28/h1-25,46H,26H2,(H,45,47). The molecule has 2 N–H and O–H groups in total. The zero-order valence-corrected chi connectivity index (χ0v) is 27.1. The molecule has 0 radical (unpaired) electrons. The normalized spacial score (nSPS) is 15.3. The zero-order valence-electron chi connectivity index (χ0n) is 27.1. The van der Waals surface area contributed by atoms with Gasteiger partial charge in [-0.15, -0.1) is 0 Å². The number of aromatic hydroxyl groups is 1. The Labute approximate surface area is 293 Å². The summed E-state index contributed by atoms with van der Waals surface area (Å²) in [7, 11) is 0. The van der Waals surface area contributed by atoms with Gasteiger partial charge in [0.1, 0.15) is 29.6 Å². The fraction of sp³-hybridized carbons (Fsp3) is 0.0455. The molecule has 246 valence electrons. The van der Waals surface area contributed by atoms with Gasteiger partial charge in [0.15, 0.2) is 5.60 Å². The van der Waals surface area contributed by atoms with Crippen molar-refractivity contribution in [2.24, 2.45) is 0 Å². The van der Waals surface area contributed by atoms with Gasteiger partial charge in [-0.1, -0.05) is 84.9 Å². The number of amides is 1. The van der Waals surface area contributed by atoms with E-state index in [1.165, 1.54) is 6.07 Å². The van der Waals surface area contributed by atoms with Gasteiger partial charge in [-0.05, 0) is 82.1 Å². The van der Waals surface area contributed by atoms with Crippen molar-refractivity contribution in [2.45, 2.75) is 12.2 Å². The van der Waals surface area contributed by atoms with Crippen LogP contribution in [0.2, 0.25) is 0 Å². The molecule has 1 spiro atoms. The minimum Gasteiger partial charge on any atom is -0.508 e. The first-order chi connectivity index (χ1) is 24.9. The molecular formula is C44H29NO6. The Morgan fingerprint density at radius 3 is 2.20 bits per heavy atom. The second kappa shape index (κ2) is 11.9. The lowest BCUT2D eigenvalue weighted by Gasteiger charge is -2.36. The number of ether oxygens (including phenoxy) is 3.